The van der Waals surface area contributed by atoms with Crippen LogP contribution in [-0.4, -0.2) is 55.7 Å². The van der Waals surface area contributed by atoms with Gasteiger partial charge in [0.1, 0.15) is 17.8 Å². The molecular weight excluding hydrogens is 314 g/mol. The van der Waals surface area contributed by atoms with E-state index >= 15 is 0 Å². The Morgan fingerprint density at radius 2 is 1.92 bits per heavy atom. The minimum Gasteiger partial charge on any atom is -0.497 e. The molecule has 1 fully saturated rings. The Morgan fingerprint density at radius 1 is 1.25 bits per heavy atom. The maximum Gasteiger partial charge on any atom is 0.325 e. The number of carbonyl (C=O) groups is 3. The van der Waals surface area contributed by atoms with Crippen molar-refractivity contribution in [2.45, 2.75) is 19.0 Å². The molecule has 2 rings (SSSR count). The molecule has 0 aromatic heterocycles. The summed E-state index contributed by atoms with van der Waals surface area (Å²) in [5.74, 6) is -0.174. The van der Waals surface area contributed by atoms with Gasteiger partial charge < -0.3 is 20.1 Å². The highest BCUT2D eigenvalue weighted by molar-refractivity contribution is 6.08. The lowest BCUT2D eigenvalue weighted by Crippen LogP contribution is -2.48. The Kier molecular flexibility index (Phi) is 5.40. The maximum atomic E-state index is 12.3. The molecule has 130 valence electrons. The van der Waals surface area contributed by atoms with Crippen molar-refractivity contribution in [3.8, 4) is 5.75 Å². The van der Waals surface area contributed by atoms with E-state index in [1.807, 2.05) is 12.1 Å². The molecular formula is C16H21N3O5. The lowest BCUT2D eigenvalue weighted by molar-refractivity contribution is -0.135. The number of hydrogen-bond acceptors (Lipinski definition) is 5. The zero-order valence-electron chi connectivity index (χ0n) is 13.9. The van der Waals surface area contributed by atoms with Crippen LogP contribution in [0.3, 0.4) is 0 Å². The average molecular weight is 335 g/mol. The quantitative estimate of drug-likeness (QED) is 0.697. The highest BCUT2D eigenvalue weighted by Crippen LogP contribution is 2.17. The van der Waals surface area contributed by atoms with Gasteiger partial charge in [-0.15, -0.1) is 0 Å². The van der Waals surface area contributed by atoms with Gasteiger partial charge in [-0.05, 0) is 24.6 Å². The second-order valence-corrected chi connectivity index (χ2v) is 5.71. The first-order chi connectivity index (χ1) is 11.4. The molecule has 0 aliphatic carbocycles. The topological polar surface area (TPSA) is 97.0 Å². The predicted molar refractivity (Wildman–Crippen MR) is 85.4 cm³/mol. The second-order valence-electron chi connectivity index (χ2n) is 5.71. The molecule has 24 heavy (non-hydrogen) atoms. The fourth-order valence-electron chi connectivity index (χ4n) is 2.42. The number of hydrogen-bond donors (Lipinski definition) is 2. The van der Waals surface area contributed by atoms with Crippen molar-refractivity contribution in [2.75, 3.05) is 27.4 Å². The normalized spacial score (nSPS) is 20.0. The van der Waals surface area contributed by atoms with Gasteiger partial charge in [-0.25, -0.2) is 4.79 Å². The van der Waals surface area contributed by atoms with Gasteiger partial charge >= 0.3 is 6.03 Å². The molecule has 8 nitrogen and oxygen atoms in total. The van der Waals surface area contributed by atoms with Crippen LogP contribution >= 0.6 is 0 Å². The predicted octanol–water partition coefficient (Wildman–Crippen LogP) is 0.268. The number of imide groups is 1. The summed E-state index contributed by atoms with van der Waals surface area (Å²) in [6.07, 6.45) is 0. The number of rotatable bonds is 7. The highest BCUT2D eigenvalue weighted by atomic mass is 16.5. The summed E-state index contributed by atoms with van der Waals surface area (Å²) in [6, 6.07) is 6.62. The van der Waals surface area contributed by atoms with Crippen LogP contribution in [-0.2, 0) is 20.9 Å². The summed E-state index contributed by atoms with van der Waals surface area (Å²) in [4.78, 5) is 37.1. The lowest BCUT2D eigenvalue weighted by atomic mass is 10.0. The molecule has 0 saturated carbocycles. The SMILES string of the molecule is COC[C@]1(C)NC(=O)N(CC(=O)NCc2ccc(OC)cc2)C1=O. The number of carbonyl (C=O) groups excluding carboxylic acids is 3. The molecule has 0 spiro atoms. The molecule has 1 saturated heterocycles. The van der Waals surface area contributed by atoms with Gasteiger partial charge in [-0.1, -0.05) is 12.1 Å². The van der Waals surface area contributed by atoms with E-state index in [1.165, 1.54) is 7.11 Å². The molecule has 1 aromatic carbocycles. The van der Waals surface area contributed by atoms with Crippen molar-refractivity contribution in [2.24, 2.45) is 0 Å². The van der Waals surface area contributed by atoms with Crippen LogP contribution in [0.15, 0.2) is 24.3 Å². The first-order valence-corrected chi connectivity index (χ1v) is 7.42. The van der Waals surface area contributed by atoms with Crippen molar-refractivity contribution < 1.29 is 23.9 Å². The first-order valence-electron chi connectivity index (χ1n) is 7.42. The lowest BCUT2D eigenvalue weighted by Gasteiger charge is -2.20. The van der Waals surface area contributed by atoms with Crippen LogP contribution in [0.2, 0.25) is 0 Å². The van der Waals surface area contributed by atoms with Gasteiger partial charge in [-0.2, -0.15) is 0 Å². The first kappa shape index (κ1) is 17.7. The Morgan fingerprint density at radius 3 is 2.50 bits per heavy atom. The van der Waals surface area contributed by atoms with Gasteiger partial charge in [0.25, 0.3) is 5.91 Å². The van der Waals surface area contributed by atoms with Crippen molar-refractivity contribution in [3.05, 3.63) is 29.8 Å². The van der Waals surface area contributed by atoms with Crippen LogP contribution in [0.5, 0.6) is 5.75 Å². The summed E-state index contributed by atoms with van der Waals surface area (Å²) in [5.41, 5.74) is -0.257. The van der Waals surface area contributed by atoms with E-state index in [-0.39, 0.29) is 13.2 Å². The van der Waals surface area contributed by atoms with E-state index in [1.54, 1.807) is 26.2 Å². The van der Waals surface area contributed by atoms with Crippen molar-refractivity contribution in [3.63, 3.8) is 0 Å². The maximum absolute atomic E-state index is 12.3. The molecule has 1 aromatic rings. The third-order valence-electron chi connectivity index (χ3n) is 3.73. The van der Waals surface area contributed by atoms with Crippen molar-refractivity contribution >= 4 is 17.8 Å². The molecule has 0 radical (unpaired) electrons. The number of nitrogens with one attached hydrogen (secondary N) is 2. The van der Waals surface area contributed by atoms with E-state index < -0.39 is 23.4 Å². The van der Waals surface area contributed by atoms with Gasteiger partial charge in [0, 0.05) is 13.7 Å². The highest BCUT2D eigenvalue weighted by Gasteiger charge is 2.48. The second kappa shape index (κ2) is 7.31. The standard InChI is InChI=1S/C16H21N3O5/c1-16(10-23-2)14(21)19(15(22)18-16)9-13(20)17-8-11-4-6-12(24-3)7-5-11/h4-7H,8-10H2,1-3H3,(H,17,20)(H,18,22)/t16-/m0/s1. The fraction of sp³-hybridized carbons (Fsp3) is 0.438. The number of methoxy groups -OCH3 is 2. The van der Waals surface area contributed by atoms with E-state index in [9.17, 15) is 14.4 Å². The molecule has 0 unspecified atom stereocenters. The van der Waals surface area contributed by atoms with Gasteiger partial charge in [-0.3, -0.25) is 14.5 Å². The number of ether oxygens (including phenoxy) is 2. The molecule has 0 bridgehead atoms. The Hall–Kier alpha value is -2.61. The summed E-state index contributed by atoms with van der Waals surface area (Å²) in [6.45, 7) is 1.56. The smallest absolute Gasteiger partial charge is 0.325 e. The minimum atomic E-state index is -1.14. The number of nitrogens with zero attached hydrogens (tertiary/aromatic N) is 1. The Balaban J connectivity index is 1.89. The molecule has 1 heterocycles. The largest absolute Gasteiger partial charge is 0.497 e. The van der Waals surface area contributed by atoms with Crippen LogP contribution in [0.1, 0.15) is 12.5 Å². The van der Waals surface area contributed by atoms with E-state index in [0.717, 1.165) is 16.2 Å². The zero-order valence-corrected chi connectivity index (χ0v) is 13.9. The summed E-state index contributed by atoms with van der Waals surface area (Å²) < 4.78 is 10.0. The fourth-order valence-corrected chi connectivity index (χ4v) is 2.42. The molecule has 8 heteroatoms. The van der Waals surface area contributed by atoms with Crippen LogP contribution < -0.4 is 15.4 Å². The monoisotopic (exact) mass is 335 g/mol. The van der Waals surface area contributed by atoms with Crippen LogP contribution in [0, 0.1) is 0 Å². The third-order valence-corrected chi connectivity index (χ3v) is 3.73. The van der Waals surface area contributed by atoms with Crippen molar-refractivity contribution in [1.82, 2.24) is 15.5 Å². The zero-order chi connectivity index (χ0) is 17.7. The number of benzene rings is 1. The van der Waals surface area contributed by atoms with Crippen LogP contribution in [0.4, 0.5) is 4.79 Å². The Bertz CT molecular complexity index is 631. The number of urea groups is 1. The molecule has 1 atom stereocenters. The van der Waals surface area contributed by atoms with E-state index in [4.69, 9.17) is 9.47 Å². The van der Waals surface area contributed by atoms with Crippen LogP contribution in [0.25, 0.3) is 0 Å². The summed E-state index contributed by atoms with van der Waals surface area (Å²) in [7, 11) is 3.02. The Labute approximate surface area is 140 Å². The van der Waals surface area contributed by atoms with Gasteiger partial charge in [0.2, 0.25) is 5.91 Å². The van der Waals surface area contributed by atoms with E-state index in [0.29, 0.717) is 6.54 Å². The molecule has 2 N–H and O–H groups in total. The molecule has 1 aliphatic rings. The number of amides is 4. The summed E-state index contributed by atoms with van der Waals surface area (Å²) in [5, 5.41) is 5.22. The molecule has 4 amide bonds. The summed E-state index contributed by atoms with van der Waals surface area (Å²) >= 11 is 0. The van der Waals surface area contributed by atoms with Gasteiger partial charge in [0.15, 0.2) is 0 Å². The minimum absolute atomic E-state index is 0.0432. The van der Waals surface area contributed by atoms with Gasteiger partial charge in [0.05, 0.1) is 13.7 Å². The average Bonchev–Trinajstić information content (AvgIpc) is 2.77. The third kappa shape index (κ3) is 3.83. The van der Waals surface area contributed by atoms with E-state index in [2.05, 4.69) is 10.6 Å². The molecule has 1 aliphatic heterocycles. The van der Waals surface area contributed by atoms with Crippen molar-refractivity contribution in [1.29, 1.82) is 0 Å².